The Morgan fingerprint density at radius 1 is 1.21 bits per heavy atom. The molecule has 108 valence electrons. The van der Waals surface area contributed by atoms with Gasteiger partial charge in [0.05, 0.1) is 0 Å². The van der Waals surface area contributed by atoms with Gasteiger partial charge in [0.1, 0.15) is 0 Å². The fourth-order valence-corrected chi connectivity index (χ4v) is 2.43. The Morgan fingerprint density at radius 2 is 2.00 bits per heavy atom. The maximum Gasteiger partial charge on any atom is 0.0466 e. The van der Waals surface area contributed by atoms with E-state index in [4.69, 9.17) is 4.74 Å². The van der Waals surface area contributed by atoms with Crippen LogP contribution in [0.2, 0.25) is 0 Å². The number of nitrogens with one attached hydrogen (secondary N) is 1. The van der Waals surface area contributed by atoms with E-state index in [-0.39, 0.29) is 0 Å². The zero-order chi connectivity index (χ0) is 14.1. The van der Waals surface area contributed by atoms with Crippen molar-refractivity contribution in [1.29, 1.82) is 0 Å². The van der Waals surface area contributed by atoms with E-state index in [2.05, 4.69) is 51.2 Å². The zero-order valence-electron chi connectivity index (χ0n) is 13.0. The summed E-state index contributed by atoms with van der Waals surface area (Å²) in [5.74, 6) is 0. The molecule has 0 saturated carbocycles. The summed E-state index contributed by atoms with van der Waals surface area (Å²) in [6.45, 7) is 11.3. The summed E-state index contributed by atoms with van der Waals surface area (Å²) >= 11 is 0. The maximum absolute atomic E-state index is 5.43. The van der Waals surface area contributed by atoms with Crippen molar-refractivity contribution in [2.75, 3.05) is 19.8 Å². The van der Waals surface area contributed by atoms with Crippen LogP contribution >= 0.6 is 0 Å². The highest BCUT2D eigenvalue weighted by Crippen LogP contribution is 2.15. The highest BCUT2D eigenvalue weighted by molar-refractivity contribution is 5.31. The lowest BCUT2D eigenvalue weighted by molar-refractivity contribution is 0.141. The number of ether oxygens (including phenoxy) is 1. The first-order valence-corrected chi connectivity index (χ1v) is 7.54. The molecule has 2 nitrogen and oxygen atoms in total. The third-order valence-electron chi connectivity index (χ3n) is 3.51. The fraction of sp³-hybridized carbons (Fsp3) is 0.647. The lowest BCUT2D eigenvalue weighted by Crippen LogP contribution is -2.31. The van der Waals surface area contributed by atoms with Gasteiger partial charge >= 0.3 is 0 Å². The summed E-state index contributed by atoms with van der Waals surface area (Å²) in [6, 6.07) is 7.30. The van der Waals surface area contributed by atoms with Crippen LogP contribution in [-0.4, -0.2) is 25.8 Å². The largest absolute Gasteiger partial charge is 0.382 e. The fourth-order valence-electron chi connectivity index (χ4n) is 2.43. The molecule has 0 aliphatic heterocycles. The summed E-state index contributed by atoms with van der Waals surface area (Å²) in [5, 5.41) is 3.60. The minimum absolute atomic E-state index is 0.561. The van der Waals surface area contributed by atoms with Crippen LogP contribution in [0.4, 0.5) is 0 Å². The summed E-state index contributed by atoms with van der Waals surface area (Å²) in [6.07, 6.45) is 3.44. The van der Waals surface area contributed by atoms with E-state index in [0.717, 1.165) is 32.6 Å². The molecule has 1 atom stereocenters. The number of rotatable bonds is 9. The maximum atomic E-state index is 5.43. The Balaban J connectivity index is 2.54. The molecule has 1 aromatic carbocycles. The third kappa shape index (κ3) is 6.22. The van der Waals surface area contributed by atoms with Crippen molar-refractivity contribution in [1.82, 2.24) is 5.32 Å². The molecule has 0 radical (unpaired) electrons. The van der Waals surface area contributed by atoms with E-state index < -0.39 is 0 Å². The minimum Gasteiger partial charge on any atom is -0.382 e. The Bertz CT molecular complexity index is 362. The van der Waals surface area contributed by atoms with Crippen LogP contribution in [-0.2, 0) is 11.2 Å². The van der Waals surface area contributed by atoms with Crippen LogP contribution in [0.25, 0.3) is 0 Å². The van der Waals surface area contributed by atoms with E-state index in [1.807, 2.05) is 0 Å². The average Bonchev–Trinajstić information content (AvgIpc) is 2.39. The summed E-state index contributed by atoms with van der Waals surface area (Å²) in [5.41, 5.74) is 4.23. The molecule has 0 saturated heterocycles. The average molecular weight is 263 g/mol. The second-order valence-electron chi connectivity index (χ2n) is 5.23. The van der Waals surface area contributed by atoms with Crippen LogP contribution in [0.15, 0.2) is 18.2 Å². The number of benzene rings is 1. The van der Waals surface area contributed by atoms with Gasteiger partial charge in [0, 0.05) is 19.3 Å². The van der Waals surface area contributed by atoms with Gasteiger partial charge < -0.3 is 10.1 Å². The SMILES string of the molecule is CCNC(CCCOCC)Cc1cc(C)ccc1C. The smallest absolute Gasteiger partial charge is 0.0466 e. The monoisotopic (exact) mass is 263 g/mol. The first-order chi connectivity index (χ1) is 9.17. The quantitative estimate of drug-likeness (QED) is 0.687. The molecule has 1 rings (SSSR count). The molecule has 19 heavy (non-hydrogen) atoms. The van der Waals surface area contributed by atoms with Gasteiger partial charge in [-0.05, 0) is 57.7 Å². The van der Waals surface area contributed by atoms with Crippen molar-refractivity contribution in [3.05, 3.63) is 34.9 Å². The summed E-state index contributed by atoms with van der Waals surface area (Å²) < 4.78 is 5.43. The lowest BCUT2D eigenvalue weighted by Gasteiger charge is -2.19. The molecule has 0 fully saturated rings. The Morgan fingerprint density at radius 3 is 2.68 bits per heavy atom. The first-order valence-electron chi connectivity index (χ1n) is 7.54. The van der Waals surface area contributed by atoms with Crippen molar-refractivity contribution < 1.29 is 4.74 Å². The molecule has 1 unspecified atom stereocenters. The van der Waals surface area contributed by atoms with Gasteiger partial charge in [0.15, 0.2) is 0 Å². The van der Waals surface area contributed by atoms with Crippen LogP contribution in [0.3, 0.4) is 0 Å². The summed E-state index contributed by atoms with van der Waals surface area (Å²) in [4.78, 5) is 0. The predicted molar refractivity (Wildman–Crippen MR) is 82.8 cm³/mol. The molecule has 0 amide bonds. The standard InChI is InChI=1S/C17H29NO/c1-5-18-17(8-7-11-19-6-2)13-16-12-14(3)9-10-15(16)4/h9-10,12,17-18H,5-8,11,13H2,1-4H3. The van der Waals surface area contributed by atoms with Gasteiger partial charge in [-0.1, -0.05) is 30.7 Å². The molecule has 1 N–H and O–H groups in total. The lowest BCUT2D eigenvalue weighted by atomic mass is 9.96. The summed E-state index contributed by atoms with van der Waals surface area (Å²) in [7, 11) is 0. The van der Waals surface area contributed by atoms with E-state index in [0.29, 0.717) is 6.04 Å². The molecular weight excluding hydrogens is 234 g/mol. The van der Waals surface area contributed by atoms with Crippen molar-refractivity contribution in [3.63, 3.8) is 0 Å². The second kappa shape index (κ2) is 9.11. The Hall–Kier alpha value is -0.860. The topological polar surface area (TPSA) is 21.3 Å². The van der Waals surface area contributed by atoms with E-state index in [1.165, 1.54) is 23.1 Å². The number of aryl methyl sites for hydroxylation is 2. The van der Waals surface area contributed by atoms with Crippen molar-refractivity contribution >= 4 is 0 Å². The van der Waals surface area contributed by atoms with Gasteiger partial charge in [-0.15, -0.1) is 0 Å². The molecule has 0 aromatic heterocycles. The van der Waals surface area contributed by atoms with Crippen molar-refractivity contribution in [3.8, 4) is 0 Å². The van der Waals surface area contributed by atoms with Crippen LogP contribution in [0.1, 0.15) is 43.4 Å². The highest BCUT2D eigenvalue weighted by atomic mass is 16.5. The second-order valence-corrected chi connectivity index (χ2v) is 5.23. The molecule has 0 spiro atoms. The molecule has 0 heterocycles. The number of hydrogen-bond acceptors (Lipinski definition) is 2. The normalized spacial score (nSPS) is 12.6. The zero-order valence-corrected chi connectivity index (χ0v) is 13.0. The predicted octanol–water partition coefficient (Wildman–Crippen LogP) is 3.64. The Labute approximate surface area is 118 Å². The molecule has 0 aliphatic rings. The third-order valence-corrected chi connectivity index (χ3v) is 3.51. The van der Waals surface area contributed by atoms with Crippen molar-refractivity contribution in [2.45, 2.75) is 53.0 Å². The van der Waals surface area contributed by atoms with Gasteiger partial charge in [-0.25, -0.2) is 0 Å². The van der Waals surface area contributed by atoms with Gasteiger partial charge in [-0.3, -0.25) is 0 Å². The molecule has 1 aromatic rings. The van der Waals surface area contributed by atoms with Gasteiger partial charge in [0.25, 0.3) is 0 Å². The number of hydrogen-bond donors (Lipinski definition) is 1. The van der Waals surface area contributed by atoms with Gasteiger partial charge in [0.2, 0.25) is 0 Å². The molecule has 0 bridgehead atoms. The van der Waals surface area contributed by atoms with E-state index >= 15 is 0 Å². The Kier molecular flexibility index (Phi) is 7.76. The van der Waals surface area contributed by atoms with Crippen molar-refractivity contribution in [2.24, 2.45) is 0 Å². The minimum atomic E-state index is 0.561. The van der Waals surface area contributed by atoms with Crippen LogP contribution in [0, 0.1) is 13.8 Å². The number of likely N-dealkylation sites (N-methyl/N-ethyl adjacent to an activating group) is 1. The highest BCUT2D eigenvalue weighted by Gasteiger charge is 2.10. The van der Waals surface area contributed by atoms with Crippen LogP contribution in [0.5, 0.6) is 0 Å². The first kappa shape index (κ1) is 16.2. The molecule has 2 heteroatoms. The van der Waals surface area contributed by atoms with E-state index in [9.17, 15) is 0 Å². The molecule has 0 aliphatic carbocycles. The van der Waals surface area contributed by atoms with Crippen LogP contribution < -0.4 is 5.32 Å². The van der Waals surface area contributed by atoms with E-state index in [1.54, 1.807) is 0 Å². The van der Waals surface area contributed by atoms with Gasteiger partial charge in [-0.2, -0.15) is 0 Å². The molecular formula is C17H29NO.